The van der Waals surface area contributed by atoms with Gasteiger partial charge in [-0.05, 0) is 31.5 Å². The summed E-state index contributed by atoms with van der Waals surface area (Å²) in [7, 11) is 0. The van der Waals surface area contributed by atoms with E-state index in [-0.39, 0.29) is 17.9 Å². The molecule has 92 valence electrons. The van der Waals surface area contributed by atoms with Gasteiger partial charge in [0.05, 0.1) is 12.3 Å². The van der Waals surface area contributed by atoms with Crippen LogP contribution in [0.15, 0.2) is 30.4 Å². The van der Waals surface area contributed by atoms with Crippen molar-refractivity contribution >= 4 is 11.7 Å². The highest BCUT2D eigenvalue weighted by Crippen LogP contribution is 2.15. The highest BCUT2D eigenvalue weighted by atomic mass is 19.1. The summed E-state index contributed by atoms with van der Waals surface area (Å²) in [6.45, 7) is 7.57. The second-order valence-corrected chi connectivity index (χ2v) is 3.66. The van der Waals surface area contributed by atoms with E-state index in [4.69, 9.17) is 4.74 Å². The second-order valence-electron chi connectivity index (χ2n) is 3.66. The number of benzene rings is 1. The summed E-state index contributed by atoms with van der Waals surface area (Å²) in [5.74, 6) is -0.811. The van der Waals surface area contributed by atoms with Crippen LogP contribution in [0.1, 0.15) is 12.5 Å². The zero-order valence-electron chi connectivity index (χ0n) is 10.0. The van der Waals surface area contributed by atoms with Gasteiger partial charge in [0.25, 0.3) is 0 Å². The van der Waals surface area contributed by atoms with Crippen molar-refractivity contribution in [3.8, 4) is 0 Å². The van der Waals surface area contributed by atoms with E-state index in [9.17, 15) is 9.18 Å². The molecule has 4 heteroatoms. The van der Waals surface area contributed by atoms with Crippen LogP contribution in [0, 0.1) is 12.7 Å². The summed E-state index contributed by atoms with van der Waals surface area (Å²) < 4.78 is 18.2. The molecule has 0 aliphatic carbocycles. The maximum absolute atomic E-state index is 13.4. The molecule has 0 radical (unpaired) electrons. The van der Waals surface area contributed by atoms with Gasteiger partial charge in [0.1, 0.15) is 5.82 Å². The van der Waals surface area contributed by atoms with Gasteiger partial charge in [-0.2, -0.15) is 0 Å². The van der Waals surface area contributed by atoms with Gasteiger partial charge in [-0.15, -0.1) is 0 Å². The average molecular weight is 237 g/mol. The van der Waals surface area contributed by atoms with E-state index < -0.39 is 5.97 Å². The van der Waals surface area contributed by atoms with Crippen molar-refractivity contribution in [1.29, 1.82) is 0 Å². The summed E-state index contributed by atoms with van der Waals surface area (Å²) in [5, 5.41) is 2.80. The highest BCUT2D eigenvalue weighted by Gasteiger charge is 2.08. The van der Waals surface area contributed by atoms with Gasteiger partial charge in [-0.1, -0.05) is 12.6 Å². The lowest BCUT2D eigenvalue weighted by Gasteiger charge is -2.09. The number of ether oxygens (including phenoxy) is 1. The minimum Gasteiger partial charge on any atom is -0.463 e. The van der Waals surface area contributed by atoms with E-state index in [1.807, 2.05) is 6.92 Å². The number of halogens is 1. The van der Waals surface area contributed by atoms with Gasteiger partial charge < -0.3 is 10.1 Å². The molecule has 0 atom stereocenters. The number of hydrogen-bond donors (Lipinski definition) is 1. The first-order chi connectivity index (χ1) is 8.04. The molecule has 1 aromatic rings. The van der Waals surface area contributed by atoms with Crippen molar-refractivity contribution in [1.82, 2.24) is 0 Å². The summed E-state index contributed by atoms with van der Waals surface area (Å²) in [6, 6.07) is 4.84. The molecule has 0 heterocycles. The molecule has 1 rings (SSSR count). The maximum atomic E-state index is 13.4. The molecule has 3 nitrogen and oxygen atoms in total. The molecule has 1 N–H and O–H groups in total. The third kappa shape index (κ3) is 3.90. The Morgan fingerprint density at radius 2 is 2.24 bits per heavy atom. The van der Waals surface area contributed by atoms with Crippen molar-refractivity contribution in [2.75, 3.05) is 18.5 Å². The Balaban J connectivity index is 2.56. The van der Waals surface area contributed by atoms with Gasteiger partial charge in [-0.3, -0.25) is 0 Å². The monoisotopic (exact) mass is 237 g/mol. The van der Waals surface area contributed by atoms with Crippen LogP contribution in [0.5, 0.6) is 0 Å². The molecule has 0 saturated heterocycles. The van der Waals surface area contributed by atoms with Crippen LogP contribution in [0.2, 0.25) is 0 Å². The number of aryl methyl sites for hydroxylation is 1. The number of hydrogen-bond acceptors (Lipinski definition) is 3. The Morgan fingerprint density at radius 3 is 2.82 bits per heavy atom. The molecule has 17 heavy (non-hydrogen) atoms. The molecule has 0 amide bonds. The van der Waals surface area contributed by atoms with E-state index in [1.54, 1.807) is 19.1 Å². The first-order valence-electron chi connectivity index (χ1n) is 5.39. The number of rotatable bonds is 5. The standard InChI is InChI=1S/C13H16FNO2/c1-4-17-13(16)10(3)8-15-12-6-5-9(2)7-11(12)14/h5-7,15H,3-4,8H2,1-2H3. The number of nitrogens with one attached hydrogen (secondary N) is 1. The molecule has 0 aliphatic heterocycles. The Kier molecular flexibility index (Phi) is 4.69. The van der Waals surface area contributed by atoms with Gasteiger partial charge in [0.2, 0.25) is 0 Å². The first kappa shape index (κ1) is 13.2. The quantitative estimate of drug-likeness (QED) is 0.632. The third-order valence-corrected chi connectivity index (χ3v) is 2.18. The summed E-state index contributed by atoms with van der Waals surface area (Å²) >= 11 is 0. The molecule has 0 bridgehead atoms. The minimum atomic E-state index is -0.465. The normalized spacial score (nSPS) is 9.82. The molecule has 1 aromatic carbocycles. The molecular formula is C13H16FNO2. The van der Waals surface area contributed by atoms with Crippen molar-refractivity contribution in [2.45, 2.75) is 13.8 Å². The zero-order valence-corrected chi connectivity index (χ0v) is 10.0. The van der Waals surface area contributed by atoms with Crippen LogP contribution in [0.3, 0.4) is 0 Å². The molecule has 0 aromatic heterocycles. The summed E-state index contributed by atoms with van der Waals surface area (Å²) in [6.07, 6.45) is 0. The lowest BCUT2D eigenvalue weighted by Crippen LogP contribution is -2.15. The Labute approximate surface area is 100 Å². The topological polar surface area (TPSA) is 38.3 Å². The first-order valence-corrected chi connectivity index (χ1v) is 5.39. The Hall–Kier alpha value is -1.84. The summed E-state index contributed by atoms with van der Waals surface area (Å²) in [5.41, 5.74) is 1.46. The van der Waals surface area contributed by atoms with Crippen LogP contribution < -0.4 is 5.32 Å². The molecule has 0 unspecified atom stereocenters. The maximum Gasteiger partial charge on any atom is 0.335 e. The van der Waals surface area contributed by atoms with Crippen molar-refractivity contribution < 1.29 is 13.9 Å². The van der Waals surface area contributed by atoms with Crippen molar-refractivity contribution in [3.63, 3.8) is 0 Å². The fourth-order valence-corrected chi connectivity index (χ4v) is 1.27. The van der Waals surface area contributed by atoms with Gasteiger partial charge in [0, 0.05) is 12.1 Å². The number of carbonyl (C=O) groups is 1. The SMILES string of the molecule is C=C(CNc1ccc(C)cc1F)C(=O)OCC. The highest BCUT2D eigenvalue weighted by molar-refractivity contribution is 5.88. The van der Waals surface area contributed by atoms with Crippen LogP contribution in [-0.2, 0) is 9.53 Å². The van der Waals surface area contributed by atoms with Gasteiger partial charge in [0.15, 0.2) is 0 Å². The summed E-state index contributed by atoms with van der Waals surface area (Å²) in [4.78, 5) is 11.2. The molecule has 0 saturated carbocycles. The predicted octanol–water partition coefficient (Wildman–Crippen LogP) is 2.67. The zero-order chi connectivity index (χ0) is 12.8. The molecule has 0 aliphatic rings. The van der Waals surface area contributed by atoms with E-state index in [1.165, 1.54) is 6.07 Å². The van der Waals surface area contributed by atoms with E-state index >= 15 is 0 Å². The minimum absolute atomic E-state index is 0.165. The van der Waals surface area contributed by atoms with Crippen LogP contribution in [0.25, 0.3) is 0 Å². The predicted molar refractivity (Wildman–Crippen MR) is 65.4 cm³/mol. The second kappa shape index (κ2) is 6.03. The van der Waals surface area contributed by atoms with Crippen LogP contribution in [-0.4, -0.2) is 19.1 Å². The van der Waals surface area contributed by atoms with Gasteiger partial charge >= 0.3 is 5.97 Å². The Morgan fingerprint density at radius 1 is 1.53 bits per heavy atom. The largest absolute Gasteiger partial charge is 0.463 e. The van der Waals surface area contributed by atoms with E-state index in [0.29, 0.717) is 12.3 Å². The molecule has 0 fully saturated rings. The number of esters is 1. The fraction of sp³-hybridized carbons (Fsp3) is 0.308. The number of carbonyl (C=O) groups excluding carboxylic acids is 1. The number of anilines is 1. The van der Waals surface area contributed by atoms with Gasteiger partial charge in [-0.25, -0.2) is 9.18 Å². The van der Waals surface area contributed by atoms with Crippen LogP contribution >= 0.6 is 0 Å². The van der Waals surface area contributed by atoms with E-state index in [0.717, 1.165) is 5.56 Å². The third-order valence-electron chi connectivity index (χ3n) is 2.18. The van der Waals surface area contributed by atoms with Crippen LogP contribution in [0.4, 0.5) is 10.1 Å². The average Bonchev–Trinajstić information content (AvgIpc) is 2.27. The molecule has 0 spiro atoms. The van der Waals surface area contributed by atoms with Crippen molar-refractivity contribution in [2.24, 2.45) is 0 Å². The van der Waals surface area contributed by atoms with Crippen molar-refractivity contribution in [3.05, 3.63) is 41.7 Å². The smallest absolute Gasteiger partial charge is 0.335 e. The fourth-order valence-electron chi connectivity index (χ4n) is 1.27. The van der Waals surface area contributed by atoms with E-state index in [2.05, 4.69) is 11.9 Å². The lowest BCUT2D eigenvalue weighted by atomic mass is 10.2. The lowest BCUT2D eigenvalue weighted by molar-refractivity contribution is -0.138. The Bertz CT molecular complexity index is 429. The molecular weight excluding hydrogens is 221 g/mol.